The predicted octanol–water partition coefficient (Wildman–Crippen LogP) is 1.83. The molecule has 0 unspecified atom stereocenters. The fourth-order valence-electron chi connectivity index (χ4n) is 2.04. The van der Waals surface area contributed by atoms with Gasteiger partial charge in [0.2, 0.25) is 0 Å². The van der Waals surface area contributed by atoms with Gasteiger partial charge in [0.05, 0.1) is 16.0 Å². The lowest BCUT2D eigenvalue weighted by Gasteiger charge is -2.05. The maximum Gasteiger partial charge on any atom is 0.338 e. The van der Waals surface area contributed by atoms with Gasteiger partial charge in [-0.3, -0.25) is 14.9 Å². The fourth-order valence-corrected chi connectivity index (χ4v) is 2.76. The van der Waals surface area contributed by atoms with Gasteiger partial charge in [0.15, 0.2) is 0 Å². The molecule has 0 aliphatic heterocycles. The maximum atomic E-state index is 12.0. The Hall–Kier alpha value is -3.27. The lowest BCUT2D eigenvalue weighted by Crippen LogP contribution is -2.13. The third kappa shape index (κ3) is 2.94. The molecule has 0 aliphatic rings. The molecule has 2 heterocycles. The Bertz CT molecular complexity index is 1010. The van der Waals surface area contributed by atoms with E-state index in [9.17, 15) is 19.7 Å². The molecular weight excluding hydrogens is 336 g/mol. The number of nitrogens with two attached hydrogens (primary N) is 1. The highest BCUT2D eigenvalue weighted by Crippen LogP contribution is 2.23. The van der Waals surface area contributed by atoms with Crippen molar-refractivity contribution in [3.05, 3.63) is 61.5 Å². The first-order valence-corrected chi connectivity index (χ1v) is 7.51. The minimum atomic E-state index is -0.786. The van der Waals surface area contributed by atoms with Gasteiger partial charge in [-0.25, -0.2) is 9.78 Å². The van der Waals surface area contributed by atoms with Crippen molar-refractivity contribution < 1.29 is 14.5 Å². The van der Waals surface area contributed by atoms with Crippen LogP contribution in [-0.4, -0.2) is 20.9 Å². The van der Waals surface area contributed by atoms with Crippen LogP contribution in [0.2, 0.25) is 0 Å². The summed E-state index contributed by atoms with van der Waals surface area (Å²) in [5, 5.41) is 12.6. The van der Waals surface area contributed by atoms with Crippen molar-refractivity contribution in [3.63, 3.8) is 0 Å². The zero-order valence-electron chi connectivity index (χ0n) is 12.0. The minimum absolute atomic E-state index is 0.0186. The normalized spacial score (nSPS) is 10.7. The molecule has 24 heavy (non-hydrogen) atoms. The van der Waals surface area contributed by atoms with Gasteiger partial charge in [-0.1, -0.05) is 0 Å². The van der Waals surface area contributed by atoms with Gasteiger partial charge < -0.3 is 15.5 Å². The quantitative estimate of drug-likeness (QED) is 0.318. The molecule has 9 nitrogen and oxygen atoms in total. The average Bonchev–Trinajstić information content (AvgIpc) is 3.02. The number of thiophene rings is 1. The van der Waals surface area contributed by atoms with E-state index in [-0.39, 0.29) is 34.9 Å². The number of nitrogen functional groups attached to an aromatic ring is 1. The number of hydrogen-bond donors (Lipinski definition) is 2. The van der Waals surface area contributed by atoms with Crippen LogP contribution in [0.3, 0.4) is 0 Å². The number of aromatic nitrogens is 2. The zero-order chi connectivity index (χ0) is 17.3. The van der Waals surface area contributed by atoms with Crippen LogP contribution in [0.4, 0.5) is 11.4 Å². The number of carbonyl (C=O) groups is 1. The number of ether oxygens (including phenoxy) is 1. The summed E-state index contributed by atoms with van der Waals surface area (Å²) < 4.78 is 5.52. The fraction of sp³-hybridized carbons (Fsp3) is 0.0714. The average molecular weight is 346 g/mol. The van der Waals surface area contributed by atoms with Gasteiger partial charge in [0.25, 0.3) is 11.2 Å². The number of anilines is 1. The molecule has 2 aromatic heterocycles. The van der Waals surface area contributed by atoms with E-state index in [0.717, 1.165) is 6.07 Å². The number of rotatable bonds is 4. The van der Waals surface area contributed by atoms with Crippen LogP contribution in [-0.2, 0) is 11.3 Å². The molecule has 122 valence electrons. The topological polar surface area (TPSA) is 141 Å². The number of nitro groups is 1. The molecule has 10 heteroatoms. The highest BCUT2D eigenvalue weighted by molar-refractivity contribution is 7.17. The molecular formula is C14H10N4O5S. The van der Waals surface area contributed by atoms with Crippen LogP contribution in [0.15, 0.2) is 34.4 Å². The van der Waals surface area contributed by atoms with Gasteiger partial charge in [-0.2, -0.15) is 0 Å². The molecule has 0 aliphatic carbocycles. The Morgan fingerprint density at radius 1 is 1.42 bits per heavy atom. The van der Waals surface area contributed by atoms with E-state index in [0.29, 0.717) is 10.2 Å². The van der Waals surface area contributed by atoms with Crippen molar-refractivity contribution in [2.75, 3.05) is 5.73 Å². The van der Waals surface area contributed by atoms with E-state index >= 15 is 0 Å². The molecule has 1 aromatic carbocycles. The minimum Gasteiger partial charge on any atom is -0.454 e. The number of aromatic amines is 1. The number of esters is 1. The summed E-state index contributed by atoms with van der Waals surface area (Å²) in [6.45, 7) is -0.266. The molecule has 0 atom stereocenters. The highest BCUT2D eigenvalue weighted by Gasteiger charge is 2.17. The molecule has 0 fully saturated rings. The van der Waals surface area contributed by atoms with Crippen LogP contribution in [0.25, 0.3) is 10.2 Å². The van der Waals surface area contributed by atoms with E-state index < -0.39 is 10.9 Å². The second kappa shape index (κ2) is 6.08. The third-order valence-electron chi connectivity index (χ3n) is 3.17. The van der Waals surface area contributed by atoms with Gasteiger partial charge >= 0.3 is 5.97 Å². The predicted molar refractivity (Wildman–Crippen MR) is 86.9 cm³/mol. The van der Waals surface area contributed by atoms with E-state index in [1.807, 2.05) is 0 Å². The summed E-state index contributed by atoms with van der Waals surface area (Å²) in [7, 11) is 0. The Labute approximate surface area is 137 Å². The van der Waals surface area contributed by atoms with Crippen LogP contribution >= 0.6 is 11.3 Å². The number of nitro benzene ring substituents is 1. The molecule has 0 bridgehead atoms. The number of nitrogens with one attached hydrogen (secondary N) is 1. The lowest BCUT2D eigenvalue weighted by atomic mass is 10.2. The first-order chi connectivity index (χ1) is 11.5. The number of benzene rings is 1. The summed E-state index contributed by atoms with van der Waals surface area (Å²) in [5.74, 6) is -0.602. The number of fused-ring (bicyclic) bond motifs is 1. The molecule has 3 N–H and O–H groups in total. The number of H-pyrrole nitrogens is 1. The van der Waals surface area contributed by atoms with E-state index in [1.54, 1.807) is 11.4 Å². The summed E-state index contributed by atoms with van der Waals surface area (Å²) >= 11 is 1.26. The molecule has 0 saturated carbocycles. The van der Waals surface area contributed by atoms with Gasteiger partial charge in [-0.15, -0.1) is 11.3 Å². The molecule has 0 radical (unpaired) electrons. The van der Waals surface area contributed by atoms with Gasteiger partial charge in [0.1, 0.15) is 22.8 Å². The summed E-state index contributed by atoms with van der Waals surface area (Å²) in [5.41, 5.74) is 5.22. The number of nitrogens with zero attached hydrogens (tertiary/aromatic N) is 2. The van der Waals surface area contributed by atoms with E-state index in [1.165, 1.54) is 23.5 Å². The molecule has 0 saturated heterocycles. The monoisotopic (exact) mass is 346 g/mol. The van der Waals surface area contributed by atoms with Crippen molar-refractivity contribution in [2.24, 2.45) is 0 Å². The Kier molecular flexibility index (Phi) is 3.96. The first-order valence-electron chi connectivity index (χ1n) is 6.63. The first kappa shape index (κ1) is 15.6. The van der Waals surface area contributed by atoms with E-state index in [2.05, 4.69) is 9.97 Å². The van der Waals surface area contributed by atoms with E-state index in [4.69, 9.17) is 10.5 Å². The molecule has 0 amide bonds. The van der Waals surface area contributed by atoms with Crippen LogP contribution in [0.1, 0.15) is 16.2 Å². The summed E-state index contributed by atoms with van der Waals surface area (Å²) in [6.07, 6.45) is 0. The van der Waals surface area contributed by atoms with Crippen molar-refractivity contribution >= 4 is 38.9 Å². The molecule has 3 rings (SSSR count). The van der Waals surface area contributed by atoms with Crippen LogP contribution < -0.4 is 11.3 Å². The van der Waals surface area contributed by atoms with Crippen LogP contribution in [0.5, 0.6) is 0 Å². The smallest absolute Gasteiger partial charge is 0.338 e. The lowest BCUT2D eigenvalue weighted by molar-refractivity contribution is -0.383. The Morgan fingerprint density at radius 3 is 2.96 bits per heavy atom. The SMILES string of the molecule is Nc1ccc(C(=O)OCc2nc3ccsc3c(=O)[nH]2)cc1[N+](=O)[O-]. The van der Waals surface area contributed by atoms with Gasteiger partial charge in [0, 0.05) is 6.07 Å². The number of carbonyl (C=O) groups excluding carboxylic acids is 1. The third-order valence-corrected chi connectivity index (χ3v) is 4.07. The zero-order valence-corrected chi connectivity index (χ0v) is 12.8. The standard InChI is InChI=1S/C14H10N4O5S/c15-8-2-1-7(5-10(8)18(21)22)14(20)23-6-11-16-9-3-4-24-12(9)13(19)17-11/h1-5H,6,15H2,(H,16,17,19). The largest absolute Gasteiger partial charge is 0.454 e. The van der Waals surface area contributed by atoms with Crippen molar-refractivity contribution in [3.8, 4) is 0 Å². The molecule has 0 spiro atoms. The second-order valence-electron chi connectivity index (χ2n) is 4.75. The van der Waals surface area contributed by atoms with Crippen molar-refractivity contribution in [2.45, 2.75) is 6.61 Å². The Morgan fingerprint density at radius 2 is 2.21 bits per heavy atom. The van der Waals surface area contributed by atoms with Gasteiger partial charge in [-0.05, 0) is 23.6 Å². The Balaban J connectivity index is 1.78. The number of hydrogen-bond acceptors (Lipinski definition) is 8. The van der Waals surface area contributed by atoms with Crippen molar-refractivity contribution in [1.29, 1.82) is 0 Å². The summed E-state index contributed by atoms with van der Waals surface area (Å²) in [6, 6.07) is 5.30. The van der Waals surface area contributed by atoms with Crippen LogP contribution in [0, 0.1) is 10.1 Å². The second-order valence-corrected chi connectivity index (χ2v) is 5.67. The maximum absolute atomic E-state index is 12.0. The highest BCUT2D eigenvalue weighted by atomic mass is 32.1. The summed E-state index contributed by atoms with van der Waals surface area (Å²) in [4.78, 5) is 40.7. The van der Waals surface area contributed by atoms with Crippen molar-refractivity contribution in [1.82, 2.24) is 9.97 Å². The molecule has 3 aromatic rings.